The van der Waals surface area contributed by atoms with E-state index in [9.17, 15) is 19.8 Å². The fourth-order valence-corrected chi connectivity index (χ4v) is 9.43. The highest BCUT2D eigenvalue weighted by molar-refractivity contribution is 5.76. The molecule has 0 saturated carbocycles. The van der Waals surface area contributed by atoms with Gasteiger partial charge >= 0.3 is 5.97 Å². The van der Waals surface area contributed by atoms with Crippen molar-refractivity contribution in [3.8, 4) is 0 Å². The van der Waals surface area contributed by atoms with Gasteiger partial charge in [-0.25, -0.2) is 0 Å². The molecule has 0 rings (SSSR count). The molecular formula is C63H119NO5. The summed E-state index contributed by atoms with van der Waals surface area (Å²) in [6.45, 7) is 4.89. The third-order valence-electron chi connectivity index (χ3n) is 14.2. The topological polar surface area (TPSA) is 95.9 Å². The van der Waals surface area contributed by atoms with Gasteiger partial charge in [-0.15, -0.1) is 0 Å². The van der Waals surface area contributed by atoms with Crippen molar-refractivity contribution in [1.29, 1.82) is 0 Å². The molecule has 0 spiro atoms. The molecule has 0 saturated heterocycles. The van der Waals surface area contributed by atoms with E-state index in [0.717, 1.165) is 83.5 Å². The number of carbonyl (C=O) groups excluding carboxylic acids is 2. The van der Waals surface area contributed by atoms with Crippen molar-refractivity contribution in [2.45, 2.75) is 341 Å². The van der Waals surface area contributed by atoms with Crippen LogP contribution in [0.4, 0.5) is 0 Å². The van der Waals surface area contributed by atoms with Crippen LogP contribution in [0, 0.1) is 0 Å². The first-order valence-electron chi connectivity index (χ1n) is 30.7. The summed E-state index contributed by atoms with van der Waals surface area (Å²) in [5.41, 5.74) is 0. The van der Waals surface area contributed by atoms with Crippen LogP contribution in [0.1, 0.15) is 328 Å². The largest absolute Gasteiger partial charge is 0.466 e. The maximum absolute atomic E-state index is 12.5. The van der Waals surface area contributed by atoms with E-state index >= 15 is 0 Å². The lowest BCUT2D eigenvalue weighted by Gasteiger charge is -2.22. The summed E-state index contributed by atoms with van der Waals surface area (Å²) in [6.07, 6.45) is 72.9. The molecule has 3 N–H and O–H groups in total. The highest BCUT2D eigenvalue weighted by Crippen LogP contribution is 2.17. The molecule has 0 radical (unpaired) electrons. The Morgan fingerprint density at radius 2 is 0.725 bits per heavy atom. The zero-order valence-electron chi connectivity index (χ0n) is 46.3. The van der Waals surface area contributed by atoms with Gasteiger partial charge in [0.15, 0.2) is 0 Å². The van der Waals surface area contributed by atoms with Crippen LogP contribution in [0.3, 0.4) is 0 Å². The molecule has 0 fully saturated rings. The zero-order valence-corrected chi connectivity index (χ0v) is 46.3. The first-order chi connectivity index (χ1) is 34.0. The van der Waals surface area contributed by atoms with E-state index in [1.54, 1.807) is 0 Å². The average Bonchev–Trinajstić information content (AvgIpc) is 3.35. The number of nitrogens with one attached hydrogen (secondary N) is 1. The second kappa shape index (κ2) is 58.6. The Bertz CT molecular complexity index is 1120. The first kappa shape index (κ1) is 67.1. The Morgan fingerprint density at radius 3 is 1.13 bits per heavy atom. The molecule has 0 heterocycles. The normalized spacial score (nSPS) is 12.8. The lowest BCUT2D eigenvalue weighted by atomic mass is 10.0. The minimum absolute atomic E-state index is 0.0294. The number of unbranched alkanes of at least 4 members (excludes halogenated alkanes) is 40. The lowest BCUT2D eigenvalue weighted by molar-refractivity contribution is -0.143. The molecule has 0 aliphatic heterocycles. The van der Waals surface area contributed by atoms with Gasteiger partial charge in [0.2, 0.25) is 5.91 Å². The van der Waals surface area contributed by atoms with Crippen molar-refractivity contribution >= 4 is 11.9 Å². The van der Waals surface area contributed by atoms with Crippen molar-refractivity contribution < 1.29 is 24.5 Å². The summed E-state index contributed by atoms with van der Waals surface area (Å²) in [7, 11) is 0. The van der Waals surface area contributed by atoms with Crippen LogP contribution in [0.25, 0.3) is 0 Å². The summed E-state index contributed by atoms with van der Waals surface area (Å²) < 4.78 is 5.46. The number of carbonyl (C=O) groups is 2. The molecule has 69 heavy (non-hydrogen) atoms. The summed E-state index contributed by atoms with van der Waals surface area (Å²) >= 11 is 0. The van der Waals surface area contributed by atoms with Crippen LogP contribution in [-0.2, 0) is 14.3 Å². The van der Waals surface area contributed by atoms with E-state index in [1.807, 2.05) is 0 Å². The van der Waals surface area contributed by atoms with E-state index in [4.69, 9.17) is 4.74 Å². The number of esters is 1. The Morgan fingerprint density at radius 1 is 0.406 bits per heavy atom. The van der Waals surface area contributed by atoms with Crippen LogP contribution < -0.4 is 5.32 Å². The third kappa shape index (κ3) is 55.2. The summed E-state index contributed by atoms with van der Waals surface area (Å²) in [4.78, 5) is 24.6. The molecule has 0 aromatic carbocycles. The smallest absolute Gasteiger partial charge is 0.305 e. The van der Waals surface area contributed by atoms with E-state index in [0.29, 0.717) is 25.9 Å². The Kier molecular flexibility index (Phi) is 57.0. The number of aliphatic hydroxyl groups excluding tert-OH is 2. The van der Waals surface area contributed by atoms with Crippen molar-refractivity contribution in [3.05, 3.63) is 36.5 Å². The minimum Gasteiger partial charge on any atom is -0.466 e. The van der Waals surface area contributed by atoms with Gasteiger partial charge in [-0.2, -0.15) is 0 Å². The van der Waals surface area contributed by atoms with Crippen LogP contribution in [0.2, 0.25) is 0 Å². The number of allylic oxidation sites excluding steroid dienone is 6. The predicted molar refractivity (Wildman–Crippen MR) is 301 cm³/mol. The fourth-order valence-electron chi connectivity index (χ4n) is 9.43. The molecule has 2 atom stereocenters. The predicted octanol–water partition coefficient (Wildman–Crippen LogP) is 19.2. The summed E-state index contributed by atoms with van der Waals surface area (Å²) in [5, 5.41) is 23.3. The monoisotopic (exact) mass is 970 g/mol. The molecule has 6 heteroatoms. The number of hydrogen-bond donors (Lipinski definition) is 3. The Balaban J connectivity index is 3.49. The number of amides is 1. The van der Waals surface area contributed by atoms with Crippen LogP contribution in [0.5, 0.6) is 0 Å². The van der Waals surface area contributed by atoms with Gasteiger partial charge in [0.05, 0.1) is 25.4 Å². The van der Waals surface area contributed by atoms with Crippen LogP contribution in [-0.4, -0.2) is 47.4 Å². The molecular weight excluding hydrogens is 851 g/mol. The fraction of sp³-hybridized carbons (Fsp3) is 0.873. The van der Waals surface area contributed by atoms with Gasteiger partial charge in [-0.3, -0.25) is 9.59 Å². The van der Waals surface area contributed by atoms with Crippen LogP contribution in [0.15, 0.2) is 36.5 Å². The lowest BCUT2D eigenvalue weighted by Crippen LogP contribution is -2.45. The zero-order chi connectivity index (χ0) is 50.0. The molecule has 406 valence electrons. The number of hydrogen-bond acceptors (Lipinski definition) is 5. The molecule has 0 aliphatic rings. The quantitative estimate of drug-likeness (QED) is 0.0321. The molecule has 1 amide bonds. The number of aliphatic hydroxyl groups is 2. The molecule has 6 nitrogen and oxygen atoms in total. The SMILES string of the molecule is CCCCCC/C=C\C/C=C\CCCCCCCCCC(=O)OCCCCC/C=C\CCCCCCCC(=O)NC(CO)C(O)CCCCCCCCCCCCCCCCCCCCCCCC. The molecule has 0 aromatic rings. The van der Waals surface area contributed by atoms with Crippen molar-refractivity contribution in [1.82, 2.24) is 5.32 Å². The van der Waals surface area contributed by atoms with Crippen molar-refractivity contribution in [2.24, 2.45) is 0 Å². The van der Waals surface area contributed by atoms with Gasteiger partial charge in [0.1, 0.15) is 0 Å². The van der Waals surface area contributed by atoms with Gasteiger partial charge in [-0.05, 0) is 89.9 Å². The summed E-state index contributed by atoms with van der Waals surface area (Å²) in [6, 6.07) is -0.562. The Hall–Kier alpha value is -1.92. The summed E-state index contributed by atoms with van der Waals surface area (Å²) in [5.74, 6) is -0.0881. The minimum atomic E-state index is -0.683. The molecule has 2 unspecified atom stereocenters. The highest BCUT2D eigenvalue weighted by atomic mass is 16.5. The second-order valence-corrected chi connectivity index (χ2v) is 21.0. The van der Waals surface area contributed by atoms with Crippen molar-refractivity contribution in [3.63, 3.8) is 0 Å². The highest BCUT2D eigenvalue weighted by Gasteiger charge is 2.20. The maximum Gasteiger partial charge on any atom is 0.305 e. The van der Waals surface area contributed by atoms with Gasteiger partial charge in [0.25, 0.3) is 0 Å². The van der Waals surface area contributed by atoms with E-state index < -0.39 is 12.1 Å². The number of rotatable bonds is 57. The maximum atomic E-state index is 12.5. The number of ether oxygens (including phenoxy) is 1. The van der Waals surface area contributed by atoms with Crippen LogP contribution >= 0.6 is 0 Å². The molecule has 0 aliphatic carbocycles. The average molecular weight is 971 g/mol. The van der Waals surface area contributed by atoms with Gasteiger partial charge in [0, 0.05) is 12.8 Å². The molecule has 0 bridgehead atoms. The van der Waals surface area contributed by atoms with Crippen molar-refractivity contribution in [2.75, 3.05) is 13.2 Å². The van der Waals surface area contributed by atoms with Gasteiger partial charge < -0.3 is 20.3 Å². The Labute approximate surface area is 430 Å². The third-order valence-corrected chi connectivity index (χ3v) is 14.2. The standard InChI is InChI=1S/C63H119NO5/c1-3-5-7-9-11-13-15-17-19-21-23-24-25-26-27-29-31-35-39-43-47-51-55-61(66)60(59-65)64-62(67)56-52-48-44-40-36-33-34-38-42-46-50-54-58-69-63(68)57-53-49-45-41-37-32-30-28-22-20-18-16-14-12-10-8-6-4-2/h14,16,20,22,34,38,60-61,65-66H,3-13,15,17-19,21,23-33,35-37,39-59H2,1-2H3,(H,64,67)/b16-14-,22-20-,38-34-. The van der Waals surface area contributed by atoms with Gasteiger partial charge in [-0.1, -0.05) is 262 Å². The van der Waals surface area contributed by atoms with E-state index in [2.05, 4.69) is 55.6 Å². The van der Waals surface area contributed by atoms with E-state index in [1.165, 1.54) is 212 Å². The second-order valence-electron chi connectivity index (χ2n) is 21.0. The molecule has 0 aromatic heterocycles. The van der Waals surface area contributed by atoms with E-state index in [-0.39, 0.29) is 18.5 Å². The first-order valence-corrected chi connectivity index (χ1v) is 30.7.